The molecular formula is C29H16F2N2O2. The Balaban J connectivity index is 1.49. The summed E-state index contributed by atoms with van der Waals surface area (Å²) in [6.07, 6.45) is -0.534. The van der Waals surface area contributed by atoms with Crippen LogP contribution in [0.1, 0.15) is 32.7 Å². The minimum atomic E-state index is -0.632. The van der Waals surface area contributed by atoms with E-state index in [4.69, 9.17) is 11.8 Å². The van der Waals surface area contributed by atoms with Crippen molar-refractivity contribution in [3.63, 3.8) is 0 Å². The molecule has 0 unspecified atom stereocenters. The molecule has 0 amide bonds. The molecule has 4 aromatic carbocycles. The Kier molecular flexibility index (Phi) is 6.57. The summed E-state index contributed by atoms with van der Waals surface area (Å²) in [4.78, 5) is 28.5. The van der Waals surface area contributed by atoms with E-state index in [-0.39, 0.29) is 22.3 Å². The number of nitrogens with zero attached hydrogens (tertiary/aromatic N) is 2. The van der Waals surface area contributed by atoms with Gasteiger partial charge in [0.15, 0.2) is 17.3 Å². The molecule has 0 aliphatic heterocycles. The maximum Gasteiger partial charge on any atom is 0.187 e. The highest BCUT2D eigenvalue weighted by Crippen LogP contribution is 2.27. The molecular weight excluding hydrogens is 446 g/mol. The summed E-state index contributed by atoms with van der Waals surface area (Å²) in [6.45, 7) is 6.99. The quantitative estimate of drug-likeness (QED) is 0.173. The summed E-state index contributed by atoms with van der Waals surface area (Å²) in [5.41, 5.74) is 2.59. The second-order valence-electron chi connectivity index (χ2n) is 7.76. The van der Waals surface area contributed by atoms with E-state index in [0.29, 0.717) is 22.4 Å². The summed E-state index contributed by atoms with van der Waals surface area (Å²) in [6, 6.07) is 22.6. The molecule has 0 fully saturated rings. The number of carbonyl (C=O) groups excluding carboxylic acids is 2. The van der Waals surface area contributed by atoms with Crippen molar-refractivity contribution in [1.82, 2.24) is 0 Å². The highest BCUT2D eigenvalue weighted by Gasteiger charge is 2.17. The molecule has 0 aromatic heterocycles. The number of halogens is 2. The zero-order valence-corrected chi connectivity index (χ0v) is 18.3. The fraction of sp³-hybridized carbons (Fsp3) is 0.0345. The molecule has 0 saturated carbocycles. The summed E-state index contributed by atoms with van der Waals surface area (Å²) in [5.74, 6) is -2.43. The van der Waals surface area contributed by atoms with E-state index in [1.54, 1.807) is 48.5 Å². The molecule has 0 atom stereocenters. The molecule has 0 aliphatic rings. The highest BCUT2D eigenvalue weighted by molar-refractivity contribution is 6.13. The smallest absolute Gasteiger partial charge is 0.187 e. The van der Waals surface area contributed by atoms with Gasteiger partial charge in [-0.15, -0.1) is 0 Å². The number of hydrogen-bond acceptors (Lipinski definition) is 3. The SMILES string of the molecule is [C-]#[N+]c1ccc(-c2ccc(C(=O)CC(=O)c3ccc(-c4ccc(C#N)cc4)c(F)c3)cc2F)cc1. The summed E-state index contributed by atoms with van der Waals surface area (Å²) in [5, 5.41) is 8.89. The molecule has 0 heterocycles. The Morgan fingerprint density at radius 1 is 0.743 bits per heavy atom. The van der Waals surface area contributed by atoms with Crippen LogP contribution in [0.3, 0.4) is 0 Å². The first-order valence-electron chi connectivity index (χ1n) is 10.5. The van der Waals surface area contributed by atoms with Crippen molar-refractivity contribution in [2.75, 3.05) is 0 Å². The van der Waals surface area contributed by atoms with E-state index >= 15 is 0 Å². The van der Waals surface area contributed by atoms with Crippen LogP contribution in [0.25, 0.3) is 27.1 Å². The van der Waals surface area contributed by atoms with Gasteiger partial charge < -0.3 is 0 Å². The molecule has 35 heavy (non-hydrogen) atoms. The molecule has 0 saturated heterocycles. The fourth-order valence-electron chi connectivity index (χ4n) is 3.64. The van der Waals surface area contributed by atoms with Gasteiger partial charge in [0, 0.05) is 22.3 Å². The van der Waals surface area contributed by atoms with Gasteiger partial charge in [-0.25, -0.2) is 13.6 Å². The topological polar surface area (TPSA) is 62.3 Å². The Hall–Kier alpha value is -4.94. The predicted molar refractivity (Wildman–Crippen MR) is 128 cm³/mol. The second kappa shape index (κ2) is 9.91. The molecule has 0 N–H and O–H groups in total. The van der Waals surface area contributed by atoms with Gasteiger partial charge in [0.25, 0.3) is 0 Å². The molecule has 0 aliphatic carbocycles. The molecule has 4 aromatic rings. The molecule has 4 nitrogen and oxygen atoms in total. The van der Waals surface area contributed by atoms with Gasteiger partial charge in [0.2, 0.25) is 0 Å². The third kappa shape index (κ3) is 5.03. The van der Waals surface area contributed by atoms with Crippen molar-refractivity contribution in [2.45, 2.75) is 6.42 Å². The zero-order valence-electron chi connectivity index (χ0n) is 18.3. The van der Waals surface area contributed by atoms with Crippen molar-refractivity contribution in [3.8, 4) is 28.3 Å². The van der Waals surface area contributed by atoms with Crippen LogP contribution in [0.15, 0.2) is 84.9 Å². The van der Waals surface area contributed by atoms with Crippen LogP contribution in [-0.4, -0.2) is 11.6 Å². The number of carbonyl (C=O) groups is 2. The minimum absolute atomic E-state index is 0.0326. The van der Waals surface area contributed by atoms with E-state index in [0.717, 1.165) is 12.1 Å². The molecule has 0 bridgehead atoms. The van der Waals surface area contributed by atoms with Crippen molar-refractivity contribution >= 4 is 17.3 Å². The minimum Gasteiger partial charge on any atom is -0.294 e. The predicted octanol–water partition coefficient (Wildman–Crippen LogP) is 7.18. The molecule has 0 spiro atoms. The lowest BCUT2D eigenvalue weighted by molar-refractivity contribution is 0.0893. The van der Waals surface area contributed by atoms with Crippen LogP contribution >= 0.6 is 0 Å². The second-order valence-corrected chi connectivity index (χ2v) is 7.76. The average Bonchev–Trinajstić information content (AvgIpc) is 2.88. The standard InChI is InChI=1S/C29H16F2N2O2/c1-33-23-10-6-20(7-11-23)25-13-9-22(15-27(25)31)29(35)16-28(34)21-8-12-24(26(30)14-21)19-4-2-18(17-32)3-5-19/h2-15H,16H2. The van der Waals surface area contributed by atoms with Crippen LogP contribution in [0.4, 0.5) is 14.5 Å². The lowest BCUT2D eigenvalue weighted by Crippen LogP contribution is -2.09. The van der Waals surface area contributed by atoms with E-state index in [1.807, 2.05) is 6.07 Å². The van der Waals surface area contributed by atoms with Gasteiger partial charge in [0.1, 0.15) is 11.6 Å². The van der Waals surface area contributed by atoms with Crippen molar-refractivity contribution in [2.24, 2.45) is 0 Å². The van der Waals surface area contributed by atoms with E-state index in [1.165, 1.54) is 24.3 Å². The average molecular weight is 462 g/mol. The van der Waals surface area contributed by atoms with Gasteiger partial charge in [-0.2, -0.15) is 5.26 Å². The molecule has 4 rings (SSSR count). The third-order valence-electron chi connectivity index (χ3n) is 5.54. The van der Waals surface area contributed by atoms with Crippen LogP contribution in [-0.2, 0) is 0 Å². The Morgan fingerprint density at radius 2 is 1.20 bits per heavy atom. The Bertz CT molecular complexity index is 1410. The number of hydrogen-bond donors (Lipinski definition) is 0. The van der Waals surface area contributed by atoms with Gasteiger partial charge >= 0.3 is 0 Å². The molecule has 0 radical (unpaired) electrons. The van der Waals surface area contributed by atoms with E-state index < -0.39 is 29.6 Å². The Labute approximate surface area is 200 Å². The number of rotatable bonds is 6. The number of nitriles is 1. The normalized spacial score (nSPS) is 10.3. The fourth-order valence-corrected chi connectivity index (χ4v) is 3.64. The Morgan fingerprint density at radius 3 is 1.60 bits per heavy atom. The van der Waals surface area contributed by atoms with Crippen LogP contribution in [0.2, 0.25) is 0 Å². The van der Waals surface area contributed by atoms with Crippen molar-refractivity contribution in [1.29, 1.82) is 5.26 Å². The summed E-state index contributed by atoms with van der Waals surface area (Å²) in [7, 11) is 0. The zero-order chi connectivity index (χ0) is 24.9. The lowest BCUT2D eigenvalue weighted by atomic mass is 9.96. The van der Waals surface area contributed by atoms with E-state index in [2.05, 4.69) is 4.85 Å². The molecule has 168 valence electrons. The van der Waals surface area contributed by atoms with Crippen molar-refractivity contribution in [3.05, 3.63) is 125 Å². The maximum atomic E-state index is 14.7. The number of ketones is 2. The maximum absolute atomic E-state index is 14.7. The molecule has 6 heteroatoms. The number of Topliss-reactive ketones (excluding diaryl/α,β-unsaturated/α-hetero) is 2. The summed E-state index contributed by atoms with van der Waals surface area (Å²) < 4.78 is 29.4. The van der Waals surface area contributed by atoms with Crippen LogP contribution in [0.5, 0.6) is 0 Å². The van der Waals surface area contributed by atoms with Gasteiger partial charge in [-0.05, 0) is 35.4 Å². The van der Waals surface area contributed by atoms with Crippen LogP contribution < -0.4 is 0 Å². The monoisotopic (exact) mass is 462 g/mol. The number of benzene rings is 4. The van der Waals surface area contributed by atoms with Crippen LogP contribution in [0, 0.1) is 29.5 Å². The third-order valence-corrected chi connectivity index (χ3v) is 5.54. The van der Waals surface area contributed by atoms with E-state index in [9.17, 15) is 18.4 Å². The summed E-state index contributed by atoms with van der Waals surface area (Å²) >= 11 is 0. The first kappa shape index (κ1) is 23.2. The highest BCUT2D eigenvalue weighted by atomic mass is 19.1. The van der Waals surface area contributed by atoms with Gasteiger partial charge in [-0.3, -0.25) is 9.59 Å². The lowest BCUT2D eigenvalue weighted by Gasteiger charge is -2.08. The van der Waals surface area contributed by atoms with Gasteiger partial charge in [-0.1, -0.05) is 60.7 Å². The largest absolute Gasteiger partial charge is 0.294 e. The van der Waals surface area contributed by atoms with Crippen molar-refractivity contribution < 1.29 is 18.4 Å². The first-order valence-corrected chi connectivity index (χ1v) is 10.5. The van der Waals surface area contributed by atoms with Gasteiger partial charge in [0.05, 0.1) is 24.6 Å². The first-order chi connectivity index (χ1) is 16.9.